The average Bonchev–Trinajstić information content (AvgIpc) is 2.76. The second kappa shape index (κ2) is 8.26. The number of carbonyl (C=O) groups is 1. The first-order chi connectivity index (χ1) is 14.1. The monoisotopic (exact) mass is 391 g/mol. The van der Waals surface area contributed by atoms with Crippen LogP contribution >= 0.6 is 0 Å². The molecule has 1 fully saturated rings. The molecule has 1 aromatic heterocycles. The highest BCUT2D eigenvalue weighted by atomic mass is 19.1. The van der Waals surface area contributed by atoms with Crippen LogP contribution in [-0.2, 0) is 0 Å². The number of aryl methyl sites for hydroxylation is 1. The van der Waals surface area contributed by atoms with Gasteiger partial charge in [-0.05, 0) is 30.7 Å². The van der Waals surface area contributed by atoms with Crippen molar-refractivity contribution < 1.29 is 9.18 Å². The third-order valence-electron chi connectivity index (χ3n) is 5.05. The summed E-state index contributed by atoms with van der Waals surface area (Å²) in [4.78, 5) is 25.2. The Kier molecular flexibility index (Phi) is 5.37. The second-order valence-corrected chi connectivity index (χ2v) is 6.97. The van der Waals surface area contributed by atoms with Gasteiger partial charge in [-0.25, -0.2) is 14.4 Å². The van der Waals surface area contributed by atoms with Crippen molar-refractivity contribution in [1.29, 1.82) is 0 Å². The van der Waals surface area contributed by atoms with Gasteiger partial charge in [0.1, 0.15) is 5.82 Å². The summed E-state index contributed by atoms with van der Waals surface area (Å²) in [5, 5.41) is 2.88. The molecule has 0 radical (unpaired) electrons. The van der Waals surface area contributed by atoms with E-state index in [-0.39, 0.29) is 11.7 Å². The van der Waals surface area contributed by atoms with Gasteiger partial charge < -0.3 is 15.1 Å². The maximum atomic E-state index is 14.0. The van der Waals surface area contributed by atoms with E-state index in [0.717, 1.165) is 11.3 Å². The van der Waals surface area contributed by atoms with Crippen LogP contribution in [0.5, 0.6) is 0 Å². The molecule has 0 bridgehead atoms. The van der Waals surface area contributed by atoms with Crippen LogP contribution in [0.2, 0.25) is 0 Å². The van der Waals surface area contributed by atoms with E-state index in [0.29, 0.717) is 43.4 Å². The summed E-state index contributed by atoms with van der Waals surface area (Å²) in [7, 11) is 0. The molecule has 1 aliphatic rings. The van der Waals surface area contributed by atoms with Crippen LogP contribution in [0.4, 0.5) is 21.7 Å². The molecular weight excluding hydrogens is 369 g/mol. The van der Waals surface area contributed by atoms with Crippen molar-refractivity contribution in [3.05, 3.63) is 77.9 Å². The maximum Gasteiger partial charge on any atom is 0.258 e. The Bertz CT molecular complexity index is 1000. The normalized spacial score (nSPS) is 14.0. The van der Waals surface area contributed by atoms with E-state index in [2.05, 4.69) is 15.3 Å². The number of carbonyl (C=O) groups excluding carboxylic acids is 1. The number of benzene rings is 2. The molecule has 29 heavy (non-hydrogen) atoms. The van der Waals surface area contributed by atoms with Gasteiger partial charge >= 0.3 is 0 Å². The molecule has 2 aromatic carbocycles. The largest absolute Gasteiger partial charge is 0.366 e. The van der Waals surface area contributed by atoms with Gasteiger partial charge in [0.2, 0.25) is 5.95 Å². The third-order valence-corrected chi connectivity index (χ3v) is 5.05. The van der Waals surface area contributed by atoms with Gasteiger partial charge in [-0.2, -0.15) is 0 Å². The summed E-state index contributed by atoms with van der Waals surface area (Å²) in [5.74, 6) is 0.127. The number of amides is 1. The van der Waals surface area contributed by atoms with Gasteiger partial charge in [0.25, 0.3) is 5.91 Å². The minimum absolute atomic E-state index is 0.207. The summed E-state index contributed by atoms with van der Waals surface area (Å²) in [5.41, 5.74) is 2.79. The Morgan fingerprint density at radius 2 is 1.55 bits per heavy atom. The smallest absolute Gasteiger partial charge is 0.258 e. The van der Waals surface area contributed by atoms with E-state index >= 15 is 0 Å². The molecule has 148 valence electrons. The SMILES string of the molecule is Cc1ccccc1NC(=O)c1cnc(N2CCN(c3ccccc3F)CC2)nc1. The number of halogens is 1. The van der Waals surface area contributed by atoms with E-state index in [1.165, 1.54) is 6.07 Å². The molecule has 0 atom stereocenters. The molecule has 1 amide bonds. The molecule has 0 aliphatic carbocycles. The number of hydrogen-bond acceptors (Lipinski definition) is 5. The predicted octanol–water partition coefficient (Wildman–Crippen LogP) is 3.50. The maximum absolute atomic E-state index is 14.0. The van der Waals surface area contributed by atoms with E-state index in [9.17, 15) is 9.18 Å². The van der Waals surface area contributed by atoms with Crippen molar-refractivity contribution in [2.45, 2.75) is 6.92 Å². The van der Waals surface area contributed by atoms with Crippen LogP contribution in [0.1, 0.15) is 15.9 Å². The Labute approximate surface area is 169 Å². The Balaban J connectivity index is 1.38. The fourth-order valence-electron chi connectivity index (χ4n) is 3.36. The summed E-state index contributed by atoms with van der Waals surface area (Å²) in [6.45, 7) is 4.67. The molecular formula is C22H22FN5O. The first-order valence-electron chi connectivity index (χ1n) is 9.55. The van der Waals surface area contributed by atoms with Gasteiger partial charge in [-0.1, -0.05) is 30.3 Å². The second-order valence-electron chi connectivity index (χ2n) is 6.97. The highest BCUT2D eigenvalue weighted by Crippen LogP contribution is 2.21. The number of nitrogens with one attached hydrogen (secondary N) is 1. The van der Waals surface area contributed by atoms with E-state index in [1.807, 2.05) is 47.1 Å². The van der Waals surface area contributed by atoms with Crippen LogP contribution < -0.4 is 15.1 Å². The van der Waals surface area contributed by atoms with Gasteiger partial charge in [0, 0.05) is 44.3 Å². The standard InChI is InChI=1S/C22H22FN5O/c1-16-6-2-4-8-19(16)26-21(29)17-14-24-22(25-15-17)28-12-10-27(11-13-28)20-9-5-3-7-18(20)23/h2-9,14-15H,10-13H2,1H3,(H,26,29). The number of piperazine rings is 1. The molecule has 0 saturated carbocycles. The minimum Gasteiger partial charge on any atom is -0.366 e. The van der Waals surface area contributed by atoms with Gasteiger partial charge in [-0.15, -0.1) is 0 Å². The van der Waals surface area contributed by atoms with Crippen LogP contribution in [-0.4, -0.2) is 42.1 Å². The van der Waals surface area contributed by atoms with E-state index < -0.39 is 0 Å². The van der Waals surface area contributed by atoms with E-state index in [4.69, 9.17) is 0 Å². The Morgan fingerprint density at radius 3 is 2.24 bits per heavy atom. The third kappa shape index (κ3) is 4.18. The highest BCUT2D eigenvalue weighted by Gasteiger charge is 2.21. The number of rotatable bonds is 4. The van der Waals surface area contributed by atoms with Crippen LogP contribution in [0, 0.1) is 12.7 Å². The van der Waals surface area contributed by atoms with Gasteiger partial charge in [0.05, 0.1) is 11.3 Å². The van der Waals surface area contributed by atoms with Crippen molar-refractivity contribution >= 4 is 23.2 Å². The quantitative estimate of drug-likeness (QED) is 0.738. The number of anilines is 3. The molecule has 6 nitrogen and oxygen atoms in total. The molecule has 0 unspecified atom stereocenters. The van der Waals surface area contributed by atoms with Crippen molar-refractivity contribution in [1.82, 2.24) is 9.97 Å². The summed E-state index contributed by atoms with van der Waals surface area (Å²) >= 11 is 0. The summed E-state index contributed by atoms with van der Waals surface area (Å²) < 4.78 is 14.0. The topological polar surface area (TPSA) is 61.4 Å². The van der Waals surface area contributed by atoms with Crippen molar-refractivity contribution in [2.75, 3.05) is 41.3 Å². The molecule has 2 heterocycles. The molecule has 7 heteroatoms. The number of nitrogens with zero attached hydrogens (tertiary/aromatic N) is 4. The van der Waals surface area contributed by atoms with E-state index in [1.54, 1.807) is 24.5 Å². The average molecular weight is 391 g/mol. The Morgan fingerprint density at radius 1 is 0.931 bits per heavy atom. The van der Waals surface area contributed by atoms with Gasteiger partial charge in [0.15, 0.2) is 0 Å². The first kappa shape index (κ1) is 18.9. The van der Waals surface area contributed by atoms with Crippen molar-refractivity contribution in [3.63, 3.8) is 0 Å². The lowest BCUT2D eigenvalue weighted by Gasteiger charge is -2.36. The van der Waals surface area contributed by atoms with Gasteiger partial charge in [-0.3, -0.25) is 4.79 Å². The first-order valence-corrected chi connectivity index (χ1v) is 9.55. The van der Waals surface area contributed by atoms with Crippen LogP contribution in [0.15, 0.2) is 60.9 Å². The summed E-state index contributed by atoms with van der Waals surface area (Å²) in [6, 6.07) is 14.4. The number of aromatic nitrogens is 2. The van der Waals surface area contributed by atoms with Crippen LogP contribution in [0.3, 0.4) is 0 Å². The molecule has 1 N–H and O–H groups in total. The zero-order valence-electron chi connectivity index (χ0n) is 16.2. The molecule has 1 saturated heterocycles. The fraction of sp³-hybridized carbons (Fsp3) is 0.227. The highest BCUT2D eigenvalue weighted by molar-refractivity contribution is 6.04. The van der Waals surface area contributed by atoms with Crippen molar-refractivity contribution in [3.8, 4) is 0 Å². The van der Waals surface area contributed by atoms with Crippen molar-refractivity contribution in [2.24, 2.45) is 0 Å². The minimum atomic E-state index is -0.241. The number of para-hydroxylation sites is 2. The predicted molar refractivity (Wildman–Crippen MR) is 112 cm³/mol. The van der Waals surface area contributed by atoms with Crippen LogP contribution in [0.25, 0.3) is 0 Å². The fourth-order valence-corrected chi connectivity index (χ4v) is 3.36. The Hall–Kier alpha value is -3.48. The molecule has 3 aromatic rings. The lowest BCUT2D eigenvalue weighted by atomic mass is 10.2. The zero-order chi connectivity index (χ0) is 20.2. The molecule has 1 aliphatic heterocycles. The lowest BCUT2D eigenvalue weighted by Crippen LogP contribution is -2.47. The summed E-state index contributed by atoms with van der Waals surface area (Å²) in [6.07, 6.45) is 3.08. The zero-order valence-corrected chi connectivity index (χ0v) is 16.2. The molecule has 4 rings (SSSR count). The molecule has 0 spiro atoms. The lowest BCUT2D eigenvalue weighted by molar-refractivity contribution is 0.102. The number of hydrogen-bond donors (Lipinski definition) is 1.